The lowest BCUT2D eigenvalue weighted by molar-refractivity contribution is 0.0600. The third kappa shape index (κ3) is 4.27. The van der Waals surface area contributed by atoms with Crippen LogP contribution in [0.25, 0.3) is 34.3 Å². The molecule has 1 unspecified atom stereocenters. The fourth-order valence-corrected chi connectivity index (χ4v) is 5.30. The minimum atomic E-state index is -0.400. The zero-order valence-corrected chi connectivity index (χ0v) is 21.6. The number of aryl methyl sites for hydroxylation is 1. The van der Waals surface area contributed by atoms with E-state index in [1.165, 1.54) is 7.11 Å². The van der Waals surface area contributed by atoms with Gasteiger partial charge in [0, 0.05) is 24.4 Å². The first-order chi connectivity index (χ1) is 16.6. The second-order valence-corrected chi connectivity index (χ2v) is 9.62. The average Bonchev–Trinajstić information content (AvgIpc) is 3.41. The molecule has 1 aliphatic rings. The Bertz CT molecular complexity index is 1410. The Morgan fingerprint density at radius 2 is 2.03 bits per heavy atom. The van der Waals surface area contributed by atoms with Crippen molar-refractivity contribution in [1.29, 1.82) is 0 Å². The molecule has 4 aromatic rings. The van der Waals surface area contributed by atoms with E-state index in [-0.39, 0.29) is 0 Å². The van der Waals surface area contributed by atoms with E-state index in [0.29, 0.717) is 43.2 Å². The third-order valence-corrected chi connectivity index (χ3v) is 7.34. The molecule has 1 aromatic carbocycles. The predicted molar refractivity (Wildman–Crippen MR) is 140 cm³/mol. The number of ether oxygens (including phenoxy) is 3. The van der Waals surface area contributed by atoms with E-state index >= 15 is 0 Å². The van der Waals surface area contributed by atoms with Crippen LogP contribution in [0.15, 0.2) is 36.7 Å². The van der Waals surface area contributed by atoms with Gasteiger partial charge in [-0.05, 0) is 58.5 Å². The second-order valence-electron chi connectivity index (χ2n) is 7.58. The van der Waals surface area contributed by atoms with E-state index in [2.05, 4.69) is 32.1 Å². The van der Waals surface area contributed by atoms with E-state index in [1.54, 1.807) is 29.1 Å². The van der Waals surface area contributed by atoms with Crippen LogP contribution in [0.1, 0.15) is 28.0 Å². The third-order valence-electron chi connectivity index (χ3n) is 5.47. The van der Waals surface area contributed by atoms with E-state index in [4.69, 9.17) is 19.3 Å². The molecule has 0 saturated carbocycles. The van der Waals surface area contributed by atoms with Crippen molar-refractivity contribution in [2.45, 2.75) is 6.42 Å². The molecule has 174 valence electrons. The normalized spacial score (nSPS) is 14.7. The lowest BCUT2D eigenvalue weighted by Crippen LogP contribution is -2.08. The molecule has 0 radical (unpaired) electrons. The maximum atomic E-state index is 12.1. The number of pyridine rings is 1. The lowest BCUT2D eigenvalue weighted by Gasteiger charge is -2.12. The summed E-state index contributed by atoms with van der Waals surface area (Å²) in [5.41, 5.74) is 4.53. The second kappa shape index (κ2) is 9.71. The average molecular weight is 589 g/mol. The number of carbonyl (C=O) groups excluding carboxylic acids is 1. The highest BCUT2D eigenvalue weighted by molar-refractivity contribution is 14.2. The number of methoxy groups -OCH3 is 1. The van der Waals surface area contributed by atoms with E-state index in [1.807, 2.05) is 35.9 Å². The van der Waals surface area contributed by atoms with Crippen LogP contribution in [0.5, 0.6) is 11.6 Å². The Balaban J connectivity index is 1.67. The van der Waals surface area contributed by atoms with Gasteiger partial charge in [0.25, 0.3) is 0 Å². The van der Waals surface area contributed by atoms with Crippen molar-refractivity contribution in [1.82, 2.24) is 24.3 Å². The molecule has 2 bridgehead atoms. The molecule has 0 fully saturated rings. The number of halogens is 1. The number of fused-ring (bicyclic) bond motifs is 4. The maximum Gasteiger partial charge on any atom is 0.337 e. The highest BCUT2D eigenvalue weighted by Crippen LogP contribution is 2.35. The number of hydrogen-bond donors (Lipinski definition) is 0. The first-order valence-corrected chi connectivity index (χ1v) is 14.6. The number of benzene rings is 1. The van der Waals surface area contributed by atoms with Crippen molar-refractivity contribution >= 4 is 57.4 Å². The molecular formula is C23H21IN5O4P. The van der Waals surface area contributed by atoms with Gasteiger partial charge in [0.1, 0.15) is 5.75 Å². The minimum absolute atomic E-state index is 0.400. The fraction of sp³-hybridized carbons (Fsp3) is 0.217. The fourth-order valence-electron chi connectivity index (χ4n) is 3.78. The highest BCUT2D eigenvalue weighted by atomic mass is 127. The highest BCUT2D eigenvalue weighted by Gasteiger charge is 2.18. The molecule has 0 amide bonds. The molecule has 0 aliphatic carbocycles. The van der Waals surface area contributed by atoms with Crippen LogP contribution in [-0.2, 0) is 11.8 Å². The van der Waals surface area contributed by atoms with Gasteiger partial charge in [0.2, 0.25) is 5.88 Å². The SMILES string of the molecule is COC(=O)c1ccc2c(c1)/C=C/c1nn(PI)c3cnc(cc13)-c1cnn(C)c1OCCCO2. The number of carbonyl (C=O) groups is 1. The standard InChI is InChI=1S/C23H21IN5O4P/c1-28-22-17(12-26-28)19-11-16-18(27-29(34-24)20(16)13-25-19)6-4-14-10-15(23(30)31-2)5-7-21(14)32-8-3-9-33-22/h4-7,10-13,34H,3,8-9H2,1-2H3/b6-4+. The molecule has 1 aliphatic heterocycles. The predicted octanol–water partition coefficient (Wildman–Crippen LogP) is 4.74. The summed E-state index contributed by atoms with van der Waals surface area (Å²) >= 11 is 2.30. The summed E-state index contributed by atoms with van der Waals surface area (Å²) in [5.74, 6) is 0.926. The van der Waals surface area contributed by atoms with Crippen LogP contribution in [0.2, 0.25) is 0 Å². The summed E-state index contributed by atoms with van der Waals surface area (Å²) < 4.78 is 20.6. The molecule has 0 saturated heterocycles. The molecule has 5 rings (SSSR count). The lowest BCUT2D eigenvalue weighted by atomic mass is 10.1. The first-order valence-electron chi connectivity index (χ1n) is 10.5. The summed E-state index contributed by atoms with van der Waals surface area (Å²) in [6.45, 7) is 0.908. The Morgan fingerprint density at radius 1 is 1.18 bits per heavy atom. The largest absolute Gasteiger partial charge is 0.493 e. The Kier molecular flexibility index (Phi) is 6.51. The topological polar surface area (TPSA) is 93.3 Å². The molecule has 11 heteroatoms. The number of nitrogens with zero attached hydrogens (tertiary/aromatic N) is 5. The molecule has 34 heavy (non-hydrogen) atoms. The molecule has 3 aromatic heterocycles. The molecular weight excluding hydrogens is 568 g/mol. The van der Waals surface area contributed by atoms with Crippen LogP contribution < -0.4 is 9.47 Å². The van der Waals surface area contributed by atoms with E-state index < -0.39 is 5.97 Å². The summed E-state index contributed by atoms with van der Waals surface area (Å²) in [7, 11) is 3.22. The first kappa shape index (κ1) is 22.8. The summed E-state index contributed by atoms with van der Waals surface area (Å²) in [4.78, 5) is 16.8. The van der Waals surface area contributed by atoms with Crippen molar-refractivity contribution in [3.05, 3.63) is 53.5 Å². The van der Waals surface area contributed by atoms with Crippen LogP contribution in [0.4, 0.5) is 0 Å². The summed E-state index contributed by atoms with van der Waals surface area (Å²) in [5, 5.41) is 10.1. The van der Waals surface area contributed by atoms with Gasteiger partial charge in [-0.1, -0.05) is 0 Å². The van der Waals surface area contributed by atoms with E-state index in [9.17, 15) is 4.79 Å². The maximum absolute atomic E-state index is 12.1. The minimum Gasteiger partial charge on any atom is -0.493 e. The van der Waals surface area contributed by atoms with Gasteiger partial charge >= 0.3 is 5.97 Å². The van der Waals surface area contributed by atoms with Gasteiger partial charge in [0.15, 0.2) is 0 Å². The monoisotopic (exact) mass is 589 g/mol. The van der Waals surface area contributed by atoms with Crippen LogP contribution in [0.3, 0.4) is 0 Å². The van der Waals surface area contributed by atoms with Crippen molar-refractivity contribution < 1.29 is 19.0 Å². The van der Waals surface area contributed by atoms with Gasteiger partial charge in [-0.15, -0.1) is 0 Å². The zero-order valence-electron chi connectivity index (χ0n) is 18.5. The van der Waals surface area contributed by atoms with Gasteiger partial charge < -0.3 is 14.2 Å². The van der Waals surface area contributed by atoms with Gasteiger partial charge in [-0.3, -0.25) is 4.98 Å². The Morgan fingerprint density at radius 3 is 2.85 bits per heavy atom. The summed E-state index contributed by atoms with van der Waals surface area (Å²) in [6, 6.07) is 7.26. The van der Waals surface area contributed by atoms with Gasteiger partial charge in [-0.2, -0.15) is 10.2 Å². The van der Waals surface area contributed by atoms with Crippen molar-refractivity contribution in [3.63, 3.8) is 0 Å². The summed E-state index contributed by atoms with van der Waals surface area (Å²) in [6.07, 6.45) is 8.53. The molecule has 4 heterocycles. The Hall–Kier alpha value is -2.98. The van der Waals surface area contributed by atoms with Crippen LogP contribution in [0, 0.1) is 0 Å². The van der Waals surface area contributed by atoms with Gasteiger partial charge in [0.05, 0.1) is 67.1 Å². The number of hydrogen-bond acceptors (Lipinski definition) is 7. The number of aromatic nitrogens is 5. The van der Waals surface area contributed by atoms with Crippen molar-refractivity contribution in [3.8, 4) is 22.9 Å². The molecule has 1 atom stereocenters. The number of esters is 1. The molecule has 0 spiro atoms. The van der Waals surface area contributed by atoms with E-state index in [0.717, 1.165) is 33.4 Å². The quantitative estimate of drug-likeness (QED) is 0.190. The van der Waals surface area contributed by atoms with Crippen molar-refractivity contribution in [2.24, 2.45) is 7.05 Å². The molecule has 0 N–H and O–H groups in total. The Labute approximate surface area is 210 Å². The molecule has 9 nitrogen and oxygen atoms in total. The number of rotatable bonds is 2. The van der Waals surface area contributed by atoms with Crippen LogP contribution >= 0.6 is 28.4 Å². The van der Waals surface area contributed by atoms with Crippen LogP contribution in [-0.4, -0.2) is 50.6 Å². The van der Waals surface area contributed by atoms with Gasteiger partial charge in [-0.25, -0.2) is 13.9 Å². The zero-order chi connectivity index (χ0) is 23.7. The van der Waals surface area contributed by atoms with Crippen molar-refractivity contribution in [2.75, 3.05) is 20.3 Å². The smallest absolute Gasteiger partial charge is 0.337 e.